The van der Waals surface area contributed by atoms with Gasteiger partial charge in [0.2, 0.25) is 0 Å². The Kier molecular flexibility index (Phi) is 4.43. The zero-order chi connectivity index (χ0) is 11.4. The molecule has 0 aliphatic carbocycles. The van der Waals surface area contributed by atoms with E-state index in [0.717, 1.165) is 16.9 Å². The van der Waals surface area contributed by atoms with Crippen LogP contribution in [0, 0.1) is 13.8 Å². The van der Waals surface area contributed by atoms with E-state index in [1.807, 2.05) is 26.0 Å². The summed E-state index contributed by atoms with van der Waals surface area (Å²) in [7, 11) is 1.66. The van der Waals surface area contributed by atoms with Crippen LogP contribution >= 0.6 is 11.6 Å². The van der Waals surface area contributed by atoms with Crippen LogP contribution in [0.2, 0.25) is 0 Å². The molecule has 0 fully saturated rings. The fourth-order valence-electron chi connectivity index (χ4n) is 1.60. The van der Waals surface area contributed by atoms with Gasteiger partial charge >= 0.3 is 0 Å². The largest absolute Gasteiger partial charge is 0.496 e. The lowest BCUT2D eigenvalue weighted by Crippen LogP contribution is -2.13. The molecule has 0 saturated heterocycles. The lowest BCUT2D eigenvalue weighted by molar-refractivity contribution is 0.198. The molecule has 0 aliphatic heterocycles. The van der Waals surface area contributed by atoms with Crippen molar-refractivity contribution < 1.29 is 9.84 Å². The molecular weight excluding hydrogens is 212 g/mol. The van der Waals surface area contributed by atoms with Crippen LogP contribution in [0.15, 0.2) is 12.1 Å². The second-order valence-electron chi connectivity index (χ2n) is 3.69. The number of alkyl halides is 1. The first-order chi connectivity index (χ1) is 7.10. The maximum absolute atomic E-state index is 9.49. The number of benzene rings is 1. The molecule has 3 heteroatoms. The van der Waals surface area contributed by atoms with Crippen LogP contribution in [-0.4, -0.2) is 24.2 Å². The molecule has 0 saturated carbocycles. The number of hydrogen-bond donors (Lipinski definition) is 1. The first-order valence-electron chi connectivity index (χ1n) is 4.97. The standard InChI is InChI=1S/C12H17ClO2/c1-8-9(2)12(15-3)5-4-10(8)6-11(14)7-13/h4-5,11,14H,6-7H2,1-3H3. The number of methoxy groups -OCH3 is 1. The third-order valence-electron chi connectivity index (χ3n) is 2.70. The van der Waals surface area contributed by atoms with Crippen molar-refractivity contribution in [3.8, 4) is 5.75 Å². The summed E-state index contributed by atoms with van der Waals surface area (Å²) in [4.78, 5) is 0. The van der Waals surface area contributed by atoms with Crippen molar-refractivity contribution >= 4 is 11.6 Å². The predicted octanol–water partition coefficient (Wildman–Crippen LogP) is 2.45. The number of ether oxygens (including phenoxy) is 1. The minimum absolute atomic E-state index is 0.268. The summed E-state index contributed by atoms with van der Waals surface area (Å²) in [5, 5.41) is 9.49. The van der Waals surface area contributed by atoms with Gasteiger partial charge in [-0.05, 0) is 43.0 Å². The van der Waals surface area contributed by atoms with Crippen LogP contribution in [0.25, 0.3) is 0 Å². The fourth-order valence-corrected chi connectivity index (χ4v) is 1.71. The summed E-state index contributed by atoms with van der Waals surface area (Å²) in [5.41, 5.74) is 3.41. The van der Waals surface area contributed by atoms with Gasteiger partial charge in [0, 0.05) is 5.88 Å². The molecule has 0 spiro atoms. The second-order valence-corrected chi connectivity index (χ2v) is 4.00. The summed E-state index contributed by atoms with van der Waals surface area (Å²) in [6, 6.07) is 3.91. The normalized spacial score (nSPS) is 12.6. The number of aliphatic hydroxyl groups is 1. The van der Waals surface area contributed by atoms with E-state index in [2.05, 4.69) is 0 Å². The van der Waals surface area contributed by atoms with Crippen LogP contribution in [-0.2, 0) is 6.42 Å². The molecule has 0 radical (unpaired) electrons. The van der Waals surface area contributed by atoms with Crippen LogP contribution in [0.4, 0.5) is 0 Å². The lowest BCUT2D eigenvalue weighted by atomic mass is 9.98. The van der Waals surface area contributed by atoms with Crippen LogP contribution in [0.5, 0.6) is 5.75 Å². The summed E-state index contributed by atoms with van der Waals surface area (Å²) >= 11 is 5.58. The van der Waals surface area contributed by atoms with E-state index >= 15 is 0 Å². The maximum atomic E-state index is 9.49. The Bertz CT molecular complexity index is 337. The molecule has 0 bridgehead atoms. The molecular formula is C12H17ClO2. The van der Waals surface area contributed by atoms with Crippen molar-refractivity contribution in [2.75, 3.05) is 13.0 Å². The Morgan fingerprint density at radius 3 is 2.53 bits per heavy atom. The summed E-state index contributed by atoms with van der Waals surface area (Å²) in [6.07, 6.45) is 0.123. The third-order valence-corrected chi connectivity index (χ3v) is 3.06. The smallest absolute Gasteiger partial charge is 0.122 e. The van der Waals surface area contributed by atoms with Gasteiger partial charge in [-0.3, -0.25) is 0 Å². The minimum Gasteiger partial charge on any atom is -0.496 e. The van der Waals surface area contributed by atoms with Crippen molar-refractivity contribution in [2.45, 2.75) is 26.4 Å². The highest BCUT2D eigenvalue weighted by Crippen LogP contribution is 2.24. The maximum Gasteiger partial charge on any atom is 0.122 e. The van der Waals surface area contributed by atoms with E-state index in [0.29, 0.717) is 6.42 Å². The molecule has 1 unspecified atom stereocenters. The number of rotatable bonds is 4. The molecule has 2 nitrogen and oxygen atoms in total. The van der Waals surface area contributed by atoms with Gasteiger partial charge in [0.05, 0.1) is 13.2 Å². The summed E-state index contributed by atoms with van der Waals surface area (Å²) in [5.74, 6) is 1.15. The Labute approximate surface area is 95.8 Å². The molecule has 0 amide bonds. The molecule has 15 heavy (non-hydrogen) atoms. The van der Waals surface area contributed by atoms with E-state index < -0.39 is 6.10 Å². The van der Waals surface area contributed by atoms with Gasteiger partial charge in [0.1, 0.15) is 5.75 Å². The van der Waals surface area contributed by atoms with E-state index in [1.165, 1.54) is 5.56 Å². The van der Waals surface area contributed by atoms with E-state index in [1.54, 1.807) is 7.11 Å². The van der Waals surface area contributed by atoms with Gasteiger partial charge in [-0.15, -0.1) is 11.6 Å². The molecule has 0 aliphatic rings. The monoisotopic (exact) mass is 228 g/mol. The molecule has 1 N–H and O–H groups in total. The van der Waals surface area contributed by atoms with Crippen molar-refractivity contribution in [1.82, 2.24) is 0 Å². The van der Waals surface area contributed by atoms with Crippen LogP contribution < -0.4 is 4.74 Å². The molecule has 1 aromatic rings. The zero-order valence-corrected chi connectivity index (χ0v) is 10.1. The van der Waals surface area contributed by atoms with E-state index in [-0.39, 0.29) is 5.88 Å². The third kappa shape index (κ3) is 2.86. The molecule has 1 aromatic carbocycles. The number of aliphatic hydroxyl groups excluding tert-OH is 1. The first kappa shape index (κ1) is 12.3. The lowest BCUT2D eigenvalue weighted by Gasteiger charge is -2.14. The van der Waals surface area contributed by atoms with Crippen LogP contribution in [0.1, 0.15) is 16.7 Å². The minimum atomic E-state index is -0.474. The van der Waals surface area contributed by atoms with Crippen molar-refractivity contribution in [3.05, 3.63) is 28.8 Å². The average Bonchev–Trinajstić information content (AvgIpc) is 2.25. The fraction of sp³-hybridized carbons (Fsp3) is 0.500. The quantitative estimate of drug-likeness (QED) is 0.803. The van der Waals surface area contributed by atoms with Crippen molar-refractivity contribution in [1.29, 1.82) is 0 Å². The second kappa shape index (κ2) is 5.38. The summed E-state index contributed by atoms with van der Waals surface area (Å²) in [6.45, 7) is 4.05. The highest BCUT2D eigenvalue weighted by molar-refractivity contribution is 6.18. The molecule has 1 rings (SSSR count). The first-order valence-corrected chi connectivity index (χ1v) is 5.50. The van der Waals surface area contributed by atoms with Gasteiger partial charge < -0.3 is 9.84 Å². The Hall–Kier alpha value is -0.730. The molecule has 0 aromatic heterocycles. The van der Waals surface area contributed by atoms with Crippen molar-refractivity contribution in [2.24, 2.45) is 0 Å². The van der Waals surface area contributed by atoms with Crippen molar-refractivity contribution in [3.63, 3.8) is 0 Å². The van der Waals surface area contributed by atoms with Gasteiger partial charge in [-0.1, -0.05) is 6.07 Å². The van der Waals surface area contributed by atoms with Crippen LogP contribution in [0.3, 0.4) is 0 Å². The predicted molar refractivity (Wildman–Crippen MR) is 62.9 cm³/mol. The van der Waals surface area contributed by atoms with Gasteiger partial charge in [0.15, 0.2) is 0 Å². The number of hydrogen-bond acceptors (Lipinski definition) is 2. The topological polar surface area (TPSA) is 29.5 Å². The van der Waals surface area contributed by atoms with Gasteiger partial charge in [-0.25, -0.2) is 0 Å². The Balaban J connectivity index is 2.96. The SMILES string of the molecule is COc1ccc(CC(O)CCl)c(C)c1C. The highest BCUT2D eigenvalue weighted by atomic mass is 35.5. The molecule has 0 heterocycles. The molecule has 1 atom stereocenters. The van der Waals surface area contributed by atoms with E-state index in [4.69, 9.17) is 16.3 Å². The highest BCUT2D eigenvalue weighted by Gasteiger charge is 2.10. The number of halogens is 1. The Morgan fingerprint density at radius 1 is 1.33 bits per heavy atom. The van der Waals surface area contributed by atoms with E-state index in [9.17, 15) is 5.11 Å². The summed E-state index contributed by atoms with van der Waals surface area (Å²) < 4.78 is 5.22. The zero-order valence-electron chi connectivity index (χ0n) is 9.38. The van der Waals surface area contributed by atoms with Gasteiger partial charge in [0.25, 0.3) is 0 Å². The molecule has 84 valence electrons. The Morgan fingerprint density at radius 2 is 2.00 bits per heavy atom. The average molecular weight is 229 g/mol. The van der Waals surface area contributed by atoms with Gasteiger partial charge in [-0.2, -0.15) is 0 Å².